The second-order valence-electron chi connectivity index (χ2n) is 8.36. The van der Waals surface area contributed by atoms with Crippen LogP contribution in [0.2, 0.25) is 0 Å². The van der Waals surface area contributed by atoms with Crippen LogP contribution >= 0.6 is 0 Å². The summed E-state index contributed by atoms with van der Waals surface area (Å²) < 4.78 is 5.38. The maximum absolute atomic E-state index is 13.6. The smallest absolute Gasteiger partial charge is 0.325 e. The van der Waals surface area contributed by atoms with Crippen LogP contribution in [0.3, 0.4) is 0 Å². The third-order valence-electron chi connectivity index (χ3n) is 6.19. The number of carbonyl (C=O) groups excluding carboxylic acids is 4. The molecule has 0 spiro atoms. The Hall–Kier alpha value is -4.26. The number of nitrogens with zero attached hydrogens (tertiary/aromatic N) is 2. The first-order chi connectivity index (χ1) is 16.5. The Kier molecular flexibility index (Phi) is 5.67. The number of fused-ring (bicyclic) bond motifs is 2. The summed E-state index contributed by atoms with van der Waals surface area (Å²) in [5.74, 6) is -2.00. The van der Waals surface area contributed by atoms with Gasteiger partial charge in [0.15, 0.2) is 0 Å². The van der Waals surface area contributed by atoms with Gasteiger partial charge in [-0.15, -0.1) is 0 Å². The quantitative estimate of drug-likeness (QED) is 0.437. The maximum atomic E-state index is 13.6. The molecule has 34 heavy (non-hydrogen) atoms. The van der Waals surface area contributed by atoms with E-state index in [9.17, 15) is 19.2 Å². The van der Waals surface area contributed by atoms with Crippen molar-refractivity contribution in [2.45, 2.75) is 25.6 Å². The average Bonchev–Trinajstić information content (AvgIpc) is 3.03. The normalized spacial score (nSPS) is 17.3. The number of hydrogen-bond donors (Lipinski definition) is 0. The summed E-state index contributed by atoms with van der Waals surface area (Å²) >= 11 is 0. The molecule has 0 N–H and O–H groups in total. The molecule has 3 aromatic carbocycles. The van der Waals surface area contributed by atoms with Crippen LogP contribution in [0, 0.1) is 0 Å². The van der Waals surface area contributed by atoms with Crippen LogP contribution in [0.25, 0.3) is 0 Å². The average molecular weight is 454 g/mol. The van der Waals surface area contributed by atoms with Crippen LogP contribution in [0.15, 0.2) is 78.9 Å². The Morgan fingerprint density at radius 3 is 2.06 bits per heavy atom. The molecule has 0 aromatic heterocycles. The van der Waals surface area contributed by atoms with Crippen LogP contribution in [-0.4, -0.2) is 46.1 Å². The van der Waals surface area contributed by atoms with Gasteiger partial charge in [-0.25, -0.2) is 0 Å². The lowest BCUT2D eigenvalue weighted by Crippen LogP contribution is -2.51. The number of amides is 3. The standard InChI is InChI=1S/C27H22N2O5/c30-24(34-17-18-8-2-1-3-9-18)16-28-15-20-11-5-4-10-19(20)14-23(27(28)33)29-25(31)21-12-6-7-13-22(21)26(29)32/h1-13,23H,14-17H2/t23-/m0/s1. The van der Waals surface area contributed by atoms with E-state index in [1.54, 1.807) is 24.3 Å². The number of benzene rings is 3. The number of esters is 1. The van der Waals surface area contributed by atoms with Gasteiger partial charge in [0.2, 0.25) is 5.91 Å². The molecule has 2 aliphatic rings. The van der Waals surface area contributed by atoms with Gasteiger partial charge in [-0.1, -0.05) is 66.7 Å². The minimum Gasteiger partial charge on any atom is -0.459 e. The Morgan fingerprint density at radius 2 is 1.38 bits per heavy atom. The molecule has 0 radical (unpaired) electrons. The van der Waals surface area contributed by atoms with E-state index >= 15 is 0 Å². The van der Waals surface area contributed by atoms with E-state index in [0.29, 0.717) is 0 Å². The summed E-state index contributed by atoms with van der Waals surface area (Å²) in [4.78, 5) is 54.9. The van der Waals surface area contributed by atoms with Gasteiger partial charge in [0.25, 0.3) is 11.8 Å². The molecule has 170 valence electrons. The van der Waals surface area contributed by atoms with E-state index in [0.717, 1.165) is 21.6 Å². The van der Waals surface area contributed by atoms with Crippen molar-refractivity contribution in [3.63, 3.8) is 0 Å². The van der Waals surface area contributed by atoms with Gasteiger partial charge in [-0.3, -0.25) is 24.1 Å². The van der Waals surface area contributed by atoms with Gasteiger partial charge in [0, 0.05) is 13.0 Å². The third-order valence-corrected chi connectivity index (χ3v) is 6.19. The summed E-state index contributed by atoms with van der Waals surface area (Å²) in [6.45, 7) is 0.00884. The van der Waals surface area contributed by atoms with E-state index in [4.69, 9.17) is 4.74 Å². The Morgan fingerprint density at radius 1 is 0.794 bits per heavy atom. The van der Waals surface area contributed by atoms with Crippen LogP contribution in [0.4, 0.5) is 0 Å². The number of hydrogen-bond acceptors (Lipinski definition) is 5. The van der Waals surface area contributed by atoms with Crippen molar-refractivity contribution in [3.05, 3.63) is 107 Å². The molecule has 5 rings (SSSR count). The Labute approximate surface area is 196 Å². The summed E-state index contributed by atoms with van der Waals surface area (Å²) in [5.41, 5.74) is 3.13. The number of imide groups is 1. The molecule has 3 amide bonds. The first-order valence-corrected chi connectivity index (χ1v) is 11.0. The van der Waals surface area contributed by atoms with E-state index in [1.165, 1.54) is 4.90 Å². The highest BCUT2D eigenvalue weighted by Gasteiger charge is 2.45. The van der Waals surface area contributed by atoms with Crippen LogP contribution in [-0.2, 0) is 33.9 Å². The van der Waals surface area contributed by atoms with E-state index in [1.807, 2.05) is 54.6 Å². The molecule has 7 nitrogen and oxygen atoms in total. The Balaban J connectivity index is 1.41. The highest BCUT2D eigenvalue weighted by molar-refractivity contribution is 6.23. The van der Waals surface area contributed by atoms with Crippen LogP contribution in [0.5, 0.6) is 0 Å². The zero-order valence-corrected chi connectivity index (χ0v) is 18.3. The van der Waals surface area contributed by atoms with Gasteiger partial charge in [-0.05, 0) is 28.8 Å². The lowest BCUT2D eigenvalue weighted by molar-refractivity contribution is -0.151. The van der Waals surface area contributed by atoms with Gasteiger partial charge in [-0.2, -0.15) is 0 Å². The molecule has 0 bridgehead atoms. The van der Waals surface area contributed by atoms with Gasteiger partial charge in [0.1, 0.15) is 19.2 Å². The predicted octanol–water partition coefficient (Wildman–Crippen LogP) is 2.98. The molecule has 2 heterocycles. The monoisotopic (exact) mass is 454 g/mol. The third kappa shape index (κ3) is 3.96. The minimum atomic E-state index is -1.04. The largest absolute Gasteiger partial charge is 0.459 e. The van der Waals surface area contributed by atoms with Crippen LogP contribution < -0.4 is 0 Å². The van der Waals surface area contributed by atoms with Crippen molar-refractivity contribution in [2.75, 3.05) is 6.54 Å². The molecule has 7 heteroatoms. The molecule has 0 saturated heterocycles. The fraction of sp³-hybridized carbons (Fsp3) is 0.185. The van der Waals surface area contributed by atoms with Crippen LogP contribution in [0.1, 0.15) is 37.4 Å². The molecule has 0 aliphatic carbocycles. The topological polar surface area (TPSA) is 84.0 Å². The van der Waals surface area contributed by atoms with E-state index in [2.05, 4.69) is 0 Å². The Bertz CT molecular complexity index is 1250. The molecule has 2 aliphatic heterocycles. The highest BCUT2D eigenvalue weighted by Crippen LogP contribution is 2.29. The first-order valence-electron chi connectivity index (χ1n) is 11.0. The van der Waals surface area contributed by atoms with Crippen molar-refractivity contribution >= 4 is 23.7 Å². The lowest BCUT2D eigenvalue weighted by atomic mass is 10.0. The zero-order valence-electron chi connectivity index (χ0n) is 18.3. The molecular weight excluding hydrogens is 432 g/mol. The predicted molar refractivity (Wildman–Crippen MR) is 123 cm³/mol. The summed E-state index contributed by atoms with van der Waals surface area (Å²) in [7, 11) is 0. The van der Waals surface area contributed by atoms with Crippen molar-refractivity contribution in [1.82, 2.24) is 9.80 Å². The summed E-state index contributed by atoms with van der Waals surface area (Å²) in [5, 5.41) is 0. The zero-order chi connectivity index (χ0) is 23.7. The lowest BCUT2D eigenvalue weighted by Gasteiger charge is -2.28. The number of carbonyl (C=O) groups is 4. The number of ether oxygens (including phenoxy) is 1. The molecule has 3 aromatic rings. The molecule has 1 atom stereocenters. The number of rotatable bonds is 5. The summed E-state index contributed by atoms with van der Waals surface area (Å²) in [6.07, 6.45) is 0.191. The van der Waals surface area contributed by atoms with Gasteiger partial charge in [0.05, 0.1) is 11.1 Å². The molecule has 0 saturated carbocycles. The van der Waals surface area contributed by atoms with Crippen molar-refractivity contribution < 1.29 is 23.9 Å². The summed E-state index contributed by atoms with van der Waals surface area (Å²) in [6, 6.07) is 22.3. The fourth-order valence-electron chi connectivity index (χ4n) is 4.47. The van der Waals surface area contributed by atoms with E-state index < -0.39 is 29.7 Å². The molecular formula is C27H22N2O5. The molecule has 0 unspecified atom stereocenters. The second kappa shape index (κ2) is 8.94. The second-order valence-corrected chi connectivity index (χ2v) is 8.36. The minimum absolute atomic E-state index is 0.0973. The maximum Gasteiger partial charge on any atom is 0.325 e. The SMILES string of the molecule is O=C(CN1Cc2ccccc2C[C@H](N2C(=O)c3ccccc3C2=O)C1=O)OCc1ccccc1. The van der Waals surface area contributed by atoms with Crippen molar-refractivity contribution in [2.24, 2.45) is 0 Å². The van der Waals surface area contributed by atoms with Gasteiger partial charge < -0.3 is 9.64 Å². The van der Waals surface area contributed by atoms with Gasteiger partial charge >= 0.3 is 5.97 Å². The highest BCUT2D eigenvalue weighted by atomic mass is 16.5. The van der Waals surface area contributed by atoms with E-state index in [-0.39, 0.29) is 37.2 Å². The molecule has 0 fully saturated rings. The first kappa shape index (κ1) is 21.6. The fourth-order valence-corrected chi connectivity index (χ4v) is 4.47. The van der Waals surface area contributed by atoms with Crippen molar-refractivity contribution in [3.8, 4) is 0 Å². The van der Waals surface area contributed by atoms with Crippen molar-refractivity contribution in [1.29, 1.82) is 0 Å².